The lowest BCUT2D eigenvalue weighted by molar-refractivity contribution is 0.0520. The standard InChI is InChI=1S/C17H26BNO3/c1-16(2,3)12-7-8-14(13(18)11-12)21-10-9-19-15(20)22-17(4,5)6/h7-8,11H,9-10H2,1-6H3,(H,19,20). The maximum absolute atomic E-state index is 11.5. The van der Waals surface area contributed by atoms with Crippen molar-refractivity contribution >= 4 is 19.4 Å². The summed E-state index contributed by atoms with van der Waals surface area (Å²) in [6.07, 6.45) is -0.452. The average molecular weight is 303 g/mol. The van der Waals surface area contributed by atoms with Crippen LogP contribution in [0, 0.1) is 0 Å². The molecule has 0 atom stereocenters. The SMILES string of the molecule is [B]c1cc(C(C)(C)C)ccc1OCCNC(=O)OC(C)(C)C. The molecular weight excluding hydrogens is 277 g/mol. The van der Waals surface area contributed by atoms with Gasteiger partial charge in [-0.2, -0.15) is 0 Å². The number of hydrogen-bond acceptors (Lipinski definition) is 3. The molecule has 0 fully saturated rings. The highest BCUT2D eigenvalue weighted by Gasteiger charge is 2.16. The molecule has 1 N–H and O–H groups in total. The fraction of sp³-hybridized carbons (Fsp3) is 0.588. The Hall–Kier alpha value is -1.65. The Kier molecular flexibility index (Phi) is 5.92. The van der Waals surface area contributed by atoms with Gasteiger partial charge in [-0.3, -0.25) is 0 Å². The molecule has 2 radical (unpaired) electrons. The summed E-state index contributed by atoms with van der Waals surface area (Å²) in [6.45, 7) is 12.5. The smallest absolute Gasteiger partial charge is 0.407 e. The minimum atomic E-state index is -0.502. The molecule has 4 nitrogen and oxygen atoms in total. The van der Waals surface area contributed by atoms with Crippen molar-refractivity contribution < 1.29 is 14.3 Å². The van der Waals surface area contributed by atoms with Crippen LogP contribution in [0.1, 0.15) is 47.1 Å². The fourth-order valence-corrected chi connectivity index (χ4v) is 1.77. The Morgan fingerprint density at radius 2 is 1.82 bits per heavy atom. The van der Waals surface area contributed by atoms with E-state index in [1.807, 2.05) is 39.0 Å². The number of amides is 1. The predicted octanol–water partition coefficient (Wildman–Crippen LogP) is 2.68. The number of hydrogen-bond donors (Lipinski definition) is 1. The van der Waals surface area contributed by atoms with E-state index in [-0.39, 0.29) is 5.41 Å². The first-order chi connectivity index (χ1) is 9.99. The molecule has 0 unspecified atom stereocenters. The van der Waals surface area contributed by atoms with Crippen LogP contribution < -0.4 is 15.5 Å². The highest BCUT2D eigenvalue weighted by atomic mass is 16.6. The number of rotatable bonds is 4. The summed E-state index contributed by atoms with van der Waals surface area (Å²) in [5.41, 5.74) is 1.30. The molecule has 5 heteroatoms. The number of carbonyl (C=O) groups excluding carboxylic acids is 1. The molecule has 0 aliphatic rings. The van der Waals surface area contributed by atoms with Crippen LogP contribution in [0.4, 0.5) is 4.79 Å². The molecule has 120 valence electrons. The van der Waals surface area contributed by atoms with Crippen LogP contribution in [-0.2, 0) is 10.2 Å². The number of ether oxygens (including phenoxy) is 2. The van der Waals surface area contributed by atoms with Crippen molar-refractivity contribution in [3.05, 3.63) is 23.8 Å². The zero-order valence-electron chi connectivity index (χ0n) is 14.4. The van der Waals surface area contributed by atoms with Gasteiger partial charge in [-0.25, -0.2) is 4.79 Å². The van der Waals surface area contributed by atoms with Gasteiger partial charge < -0.3 is 14.8 Å². The minimum Gasteiger partial charge on any atom is -0.492 e. The van der Waals surface area contributed by atoms with Gasteiger partial charge in [0.05, 0.1) is 6.54 Å². The van der Waals surface area contributed by atoms with E-state index in [1.54, 1.807) is 0 Å². The Morgan fingerprint density at radius 1 is 1.18 bits per heavy atom. The molecule has 1 aromatic carbocycles. The number of benzene rings is 1. The summed E-state index contributed by atoms with van der Waals surface area (Å²) in [7, 11) is 6.01. The van der Waals surface area contributed by atoms with Crippen molar-refractivity contribution in [2.45, 2.75) is 52.6 Å². The third-order valence-corrected chi connectivity index (χ3v) is 2.90. The normalized spacial score (nSPS) is 11.9. The lowest BCUT2D eigenvalue weighted by Crippen LogP contribution is -2.34. The van der Waals surface area contributed by atoms with Crippen LogP contribution in [0.15, 0.2) is 18.2 Å². The van der Waals surface area contributed by atoms with Crippen molar-refractivity contribution in [1.82, 2.24) is 5.32 Å². The van der Waals surface area contributed by atoms with E-state index in [9.17, 15) is 4.79 Å². The maximum Gasteiger partial charge on any atom is 0.407 e. The molecule has 1 amide bonds. The number of nitrogens with one attached hydrogen (secondary N) is 1. The summed E-state index contributed by atoms with van der Waals surface area (Å²) in [5.74, 6) is 0.624. The highest BCUT2D eigenvalue weighted by molar-refractivity contribution is 6.34. The van der Waals surface area contributed by atoms with Gasteiger partial charge in [0.15, 0.2) is 0 Å². The van der Waals surface area contributed by atoms with E-state index in [4.69, 9.17) is 17.3 Å². The predicted molar refractivity (Wildman–Crippen MR) is 90.3 cm³/mol. The molecule has 0 heterocycles. The molecule has 0 saturated carbocycles. The van der Waals surface area contributed by atoms with E-state index < -0.39 is 11.7 Å². The molecule has 0 aliphatic carbocycles. The molecule has 1 aromatic rings. The minimum absolute atomic E-state index is 0.0465. The van der Waals surface area contributed by atoms with Crippen LogP contribution >= 0.6 is 0 Å². The Balaban J connectivity index is 2.45. The summed E-state index contributed by atoms with van der Waals surface area (Å²) < 4.78 is 10.7. The number of alkyl carbamates (subject to hydrolysis) is 1. The van der Waals surface area contributed by atoms with Crippen LogP contribution in [0.3, 0.4) is 0 Å². The summed E-state index contributed by atoms with van der Waals surface area (Å²) in [6, 6.07) is 5.80. The second-order valence-corrected chi connectivity index (χ2v) is 7.28. The third-order valence-electron chi connectivity index (χ3n) is 2.90. The van der Waals surface area contributed by atoms with Gasteiger partial charge in [0.25, 0.3) is 0 Å². The van der Waals surface area contributed by atoms with Gasteiger partial charge in [0.1, 0.15) is 25.8 Å². The summed E-state index contributed by atoms with van der Waals surface area (Å²) >= 11 is 0. The largest absolute Gasteiger partial charge is 0.492 e. The van der Waals surface area contributed by atoms with Gasteiger partial charge in [-0.15, -0.1) is 0 Å². The van der Waals surface area contributed by atoms with Crippen molar-refractivity contribution in [1.29, 1.82) is 0 Å². The molecular formula is C17H26BNO3. The number of carbonyl (C=O) groups is 1. The first-order valence-corrected chi connectivity index (χ1v) is 7.49. The van der Waals surface area contributed by atoms with E-state index in [1.165, 1.54) is 0 Å². The molecule has 22 heavy (non-hydrogen) atoms. The monoisotopic (exact) mass is 303 g/mol. The lowest BCUT2D eigenvalue weighted by Gasteiger charge is -2.21. The van der Waals surface area contributed by atoms with E-state index in [0.717, 1.165) is 5.56 Å². The Morgan fingerprint density at radius 3 is 2.32 bits per heavy atom. The van der Waals surface area contributed by atoms with E-state index >= 15 is 0 Å². The molecule has 0 saturated heterocycles. The second kappa shape index (κ2) is 7.08. The van der Waals surface area contributed by atoms with Gasteiger partial charge >= 0.3 is 6.09 Å². The fourth-order valence-electron chi connectivity index (χ4n) is 1.77. The van der Waals surface area contributed by atoms with E-state index in [0.29, 0.717) is 24.4 Å². The first kappa shape index (κ1) is 18.4. The maximum atomic E-state index is 11.5. The van der Waals surface area contributed by atoms with E-state index in [2.05, 4.69) is 26.1 Å². The van der Waals surface area contributed by atoms with Crippen LogP contribution in [-0.4, -0.2) is 32.7 Å². The quantitative estimate of drug-likeness (QED) is 0.687. The van der Waals surface area contributed by atoms with Gasteiger partial charge in [0, 0.05) is 0 Å². The second-order valence-electron chi connectivity index (χ2n) is 7.28. The summed E-state index contributed by atoms with van der Waals surface area (Å²) in [4.78, 5) is 11.5. The van der Waals surface area contributed by atoms with Gasteiger partial charge in [0.2, 0.25) is 0 Å². The third kappa shape index (κ3) is 6.42. The molecule has 1 rings (SSSR count). The van der Waals surface area contributed by atoms with Crippen molar-refractivity contribution in [2.75, 3.05) is 13.2 Å². The lowest BCUT2D eigenvalue weighted by atomic mass is 9.82. The van der Waals surface area contributed by atoms with Crippen molar-refractivity contribution in [3.8, 4) is 5.75 Å². The van der Waals surface area contributed by atoms with Crippen molar-refractivity contribution in [2.24, 2.45) is 0 Å². The zero-order valence-corrected chi connectivity index (χ0v) is 14.4. The van der Waals surface area contributed by atoms with Crippen LogP contribution in [0.2, 0.25) is 0 Å². The Labute approximate surface area is 135 Å². The zero-order chi connectivity index (χ0) is 17.0. The van der Waals surface area contributed by atoms with Crippen LogP contribution in [0.5, 0.6) is 5.75 Å². The Bertz CT molecular complexity index is 516. The molecule has 0 spiro atoms. The summed E-state index contributed by atoms with van der Waals surface area (Å²) in [5, 5.41) is 2.64. The topological polar surface area (TPSA) is 47.6 Å². The van der Waals surface area contributed by atoms with Crippen molar-refractivity contribution in [3.63, 3.8) is 0 Å². The van der Waals surface area contributed by atoms with Crippen LogP contribution in [0.25, 0.3) is 0 Å². The van der Waals surface area contributed by atoms with Gasteiger partial charge in [-0.05, 0) is 37.8 Å². The first-order valence-electron chi connectivity index (χ1n) is 7.49. The molecule has 0 aromatic heterocycles. The highest BCUT2D eigenvalue weighted by Crippen LogP contribution is 2.22. The van der Waals surface area contributed by atoms with Gasteiger partial charge in [-0.1, -0.05) is 38.4 Å². The average Bonchev–Trinajstić information content (AvgIpc) is 2.32. The molecule has 0 aliphatic heterocycles. The molecule has 0 bridgehead atoms.